The lowest BCUT2D eigenvalue weighted by molar-refractivity contribution is 0.422. The Kier molecular flexibility index (Phi) is 4.59. The van der Waals surface area contributed by atoms with E-state index in [0.29, 0.717) is 22.9 Å². The number of nitrogens with two attached hydrogens (primary N) is 1. The summed E-state index contributed by atoms with van der Waals surface area (Å²) < 4.78 is 31.8. The molecule has 0 bridgehead atoms. The van der Waals surface area contributed by atoms with E-state index < -0.39 is 11.6 Å². The molecule has 1 atom stereocenters. The Balaban J connectivity index is 2.18. The third kappa shape index (κ3) is 3.27. The third-order valence-corrected chi connectivity index (χ3v) is 4.18. The van der Waals surface area contributed by atoms with Crippen LogP contribution in [-0.2, 0) is 5.75 Å². The number of hydrogen-bond acceptors (Lipinski definition) is 5. The van der Waals surface area contributed by atoms with Gasteiger partial charge >= 0.3 is 0 Å². The molecule has 0 aliphatic heterocycles. The van der Waals surface area contributed by atoms with Crippen molar-refractivity contribution < 1.29 is 13.3 Å². The Morgan fingerprint density at radius 3 is 2.80 bits per heavy atom. The van der Waals surface area contributed by atoms with E-state index in [4.69, 9.17) is 10.3 Å². The lowest BCUT2D eigenvalue weighted by Gasteiger charge is -2.04. The number of nitrogens with zero attached hydrogens (tertiary/aromatic N) is 2. The number of nitrogen functional groups attached to an aromatic ring is 1. The molecule has 0 saturated heterocycles. The summed E-state index contributed by atoms with van der Waals surface area (Å²) >= 11 is 1.68. The van der Waals surface area contributed by atoms with E-state index in [0.717, 1.165) is 12.5 Å². The average Bonchev–Trinajstić information content (AvgIpc) is 2.88. The number of benzene rings is 1. The van der Waals surface area contributed by atoms with Gasteiger partial charge in [-0.15, -0.1) is 0 Å². The molecule has 1 aromatic heterocycles. The van der Waals surface area contributed by atoms with E-state index in [-0.39, 0.29) is 17.1 Å². The number of hydrogen-bond donors (Lipinski definition) is 1. The first-order valence-corrected chi connectivity index (χ1v) is 7.25. The summed E-state index contributed by atoms with van der Waals surface area (Å²) in [7, 11) is 0. The van der Waals surface area contributed by atoms with E-state index in [1.807, 2.05) is 0 Å². The SMILES string of the molecule is CCC(C)SCc1noc(-c2cc(N)c(F)cc2F)n1. The van der Waals surface area contributed by atoms with Crippen molar-refractivity contribution in [3.05, 3.63) is 29.6 Å². The van der Waals surface area contributed by atoms with Crippen molar-refractivity contribution in [2.75, 3.05) is 5.73 Å². The predicted octanol–water partition coefficient (Wildman–Crippen LogP) is 3.63. The fourth-order valence-corrected chi connectivity index (χ4v) is 2.27. The summed E-state index contributed by atoms with van der Waals surface area (Å²) in [5.41, 5.74) is 5.27. The second-order valence-electron chi connectivity index (χ2n) is 4.40. The highest BCUT2D eigenvalue weighted by atomic mass is 32.2. The monoisotopic (exact) mass is 299 g/mol. The minimum Gasteiger partial charge on any atom is -0.396 e. The van der Waals surface area contributed by atoms with Crippen LogP contribution in [0.3, 0.4) is 0 Å². The van der Waals surface area contributed by atoms with Gasteiger partial charge in [-0.2, -0.15) is 16.7 Å². The van der Waals surface area contributed by atoms with Gasteiger partial charge < -0.3 is 10.3 Å². The molecule has 20 heavy (non-hydrogen) atoms. The molecule has 0 spiro atoms. The van der Waals surface area contributed by atoms with Gasteiger partial charge in [0.05, 0.1) is 17.0 Å². The molecular weight excluding hydrogens is 284 g/mol. The molecule has 0 fully saturated rings. The first kappa shape index (κ1) is 14.8. The van der Waals surface area contributed by atoms with Crippen molar-refractivity contribution in [1.29, 1.82) is 0 Å². The molecule has 0 amide bonds. The van der Waals surface area contributed by atoms with Crippen molar-refractivity contribution in [3.8, 4) is 11.5 Å². The molecule has 0 aliphatic rings. The molecule has 1 heterocycles. The van der Waals surface area contributed by atoms with Crippen LogP contribution in [0.4, 0.5) is 14.5 Å². The van der Waals surface area contributed by atoms with Gasteiger partial charge in [0, 0.05) is 11.3 Å². The van der Waals surface area contributed by atoms with Gasteiger partial charge in [0.15, 0.2) is 5.82 Å². The summed E-state index contributed by atoms with van der Waals surface area (Å²) in [6, 6.07) is 1.87. The maximum Gasteiger partial charge on any atom is 0.261 e. The molecule has 4 nitrogen and oxygen atoms in total. The molecule has 2 rings (SSSR count). The van der Waals surface area contributed by atoms with Gasteiger partial charge in [-0.05, 0) is 12.5 Å². The second kappa shape index (κ2) is 6.21. The maximum atomic E-state index is 13.7. The van der Waals surface area contributed by atoms with E-state index in [2.05, 4.69) is 24.0 Å². The molecule has 1 aromatic carbocycles. The average molecular weight is 299 g/mol. The van der Waals surface area contributed by atoms with Crippen LogP contribution in [0.15, 0.2) is 16.7 Å². The summed E-state index contributed by atoms with van der Waals surface area (Å²) in [5, 5.41) is 4.27. The third-order valence-electron chi connectivity index (χ3n) is 2.86. The summed E-state index contributed by atoms with van der Waals surface area (Å²) in [4.78, 5) is 4.10. The number of anilines is 1. The Hall–Kier alpha value is -1.63. The van der Waals surface area contributed by atoms with Crippen molar-refractivity contribution in [2.45, 2.75) is 31.3 Å². The van der Waals surface area contributed by atoms with Crippen LogP contribution in [0.2, 0.25) is 0 Å². The summed E-state index contributed by atoms with van der Waals surface area (Å²) in [6.45, 7) is 4.20. The zero-order valence-corrected chi connectivity index (χ0v) is 12.0. The van der Waals surface area contributed by atoms with Gasteiger partial charge in [-0.1, -0.05) is 19.0 Å². The molecule has 7 heteroatoms. The Morgan fingerprint density at radius 1 is 1.35 bits per heavy atom. The number of halogens is 2. The largest absolute Gasteiger partial charge is 0.396 e. The molecular formula is C13H15F2N3OS. The van der Waals surface area contributed by atoms with E-state index in [1.54, 1.807) is 11.8 Å². The van der Waals surface area contributed by atoms with Crippen LogP contribution >= 0.6 is 11.8 Å². The van der Waals surface area contributed by atoms with Gasteiger partial charge in [-0.3, -0.25) is 0 Å². The molecule has 0 aliphatic carbocycles. The number of thioether (sulfide) groups is 1. The Morgan fingerprint density at radius 2 is 2.10 bits per heavy atom. The predicted molar refractivity (Wildman–Crippen MR) is 75.1 cm³/mol. The van der Waals surface area contributed by atoms with Crippen molar-refractivity contribution in [1.82, 2.24) is 10.1 Å². The highest BCUT2D eigenvalue weighted by molar-refractivity contribution is 7.99. The fraction of sp³-hybridized carbons (Fsp3) is 0.385. The van der Waals surface area contributed by atoms with Crippen LogP contribution in [0.1, 0.15) is 26.1 Å². The Bertz CT molecular complexity index is 603. The first-order valence-electron chi connectivity index (χ1n) is 6.20. The van der Waals surface area contributed by atoms with Crippen LogP contribution in [-0.4, -0.2) is 15.4 Å². The van der Waals surface area contributed by atoms with Crippen LogP contribution < -0.4 is 5.73 Å². The normalized spacial score (nSPS) is 12.6. The minimum absolute atomic E-state index is 0.00829. The molecule has 2 aromatic rings. The summed E-state index contributed by atoms with van der Waals surface area (Å²) in [6.07, 6.45) is 1.04. The van der Waals surface area contributed by atoms with Gasteiger partial charge in [0.25, 0.3) is 5.89 Å². The van der Waals surface area contributed by atoms with Crippen molar-refractivity contribution >= 4 is 17.4 Å². The maximum absolute atomic E-state index is 13.7. The summed E-state index contributed by atoms with van der Waals surface area (Å²) in [5.74, 6) is -0.516. The number of rotatable bonds is 5. The zero-order chi connectivity index (χ0) is 14.7. The molecule has 0 saturated carbocycles. The van der Waals surface area contributed by atoms with E-state index in [1.165, 1.54) is 0 Å². The van der Waals surface area contributed by atoms with Gasteiger partial charge in [-0.25, -0.2) is 8.78 Å². The second-order valence-corrected chi connectivity index (χ2v) is 5.83. The molecule has 108 valence electrons. The lowest BCUT2D eigenvalue weighted by Crippen LogP contribution is -1.96. The number of aromatic nitrogens is 2. The van der Waals surface area contributed by atoms with E-state index >= 15 is 0 Å². The smallest absolute Gasteiger partial charge is 0.261 e. The minimum atomic E-state index is -0.807. The highest BCUT2D eigenvalue weighted by Gasteiger charge is 2.16. The first-order chi connectivity index (χ1) is 9.51. The lowest BCUT2D eigenvalue weighted by atomic mass is 10.2. The van der Waals surface area contributed by atoms with E-state index in [9.17, 15) is 8.78 Å². The quantitative estimate of drug-likeness (QED) is 0.854. The van der Waals surface area contributed by atoms with Gasteiger partial charge in [0.1, 0.15) is 11.6 Å². The Labute approximate surface area is 119 Å². The molecule has 1 unspecified atom stereocenters. The molecule has 0 radical (unpaired) electrons. The fourth-order valence-electron chi connectivity index (χ4n) is 1.49. The standard InChI is InChI=1S/C13H15F2N3OS/c1-3-7(2)20-6-12-17-13(19-18-12)8-4-11(16)10(15)5-9(8)14/h4-5,7H,3,6,16H2,1-2H3. The topological polar surface area (TPSA) is 64.9 Å². The highest BCUT2D eigenvalue weighted by Crippen LogP contribution is 2.26. The zero-order valence-electron chi connectivity index (χ0n) is 11.2. The van der Waals surface area contributed by atoms with Gasteiger partial charge in [0.2, 0.25) is 0 Å². The van der Waals surface area contributed by atoms with Crippen LogP contribution in [0.5, 0.6) is 0 Å². The van der Waals surface area contributed by atoms with Crippen LogP contribution in [0, 0.1) is 11.6 Å². The molecule has 2 N–H and O–H groups in total. The van der Waals surface area contributed by atoms with Crippen molar-refractivity contribution in [3.63, 3.8) is 0 Å². The van der Waals surface area contributed by atoms with Crippen molar-refractivity contribution in [2.24, 2.45) is 0 Å². The van der Waals surface area contributed by atoms with Crippen LogP contribution in [0.25, 0.3) is 11.5 Å².